The van der Waals surface area contributed by atoms with E-state index in [1.54, 1.807) is 6.20 Å². The van der Waals surface area contributed by atoms with Gasteiger partial charge in [0.25, 0.3) is 5.91 Å². The highest BCUT2D eigenvalue weighted by atomic mass is 16.3. The summed E-state index contributed by atoms with van der Waals surface area (Å²) in [4.78, 5) is 31.9. The minimum absolute atomic E-state index is 0.0582. The number of allylic oxidation sites excluding steroid dienone is 1. The first-order valence-corrected chi connectivity index (χ1v) is 16.3. The first-order chi connectivity index (χ1) is 19.1. The van der Waals surface area contributed by atoms with Crippen molar-refractivity contribution >= 4 is 11.7 Å². The molecule has 4 fully saturated rings. The van der Waals surface area contributed by atoms with Crippen molar-refractivity contribution < 1.29 is 14.7 Å². The topological polar surface area (TPSA) is 79.3 Å². The molecule has 5 aliphatic carbocycles. The molecule has 1 amide bonds. The molecule has 5 aliphatic rings. The third-order valence-corrected chi connectivity index (χ3v) is 14.0. The smallest absolute Gasteiger partial charge is 0.253 e. The van der Waals surface area contributed by atoms with E-state index in [1.807, 2.05) is 19.1 Å². The lowest BCUT2D eigenvalue weighted by atomic mass is 9.33. The zero-order valence-electron chi connectivity index (χ0n) is 26.7. The van der Waals surface area contributed by atoms with Crippen molar-refractivity contribution in [1.29, 1.82) is 0 Å². The first kappa shape index (κ1) is 29.1. The monoisotopic (exact) mass is 560 g/mol. The molecule has 8 atom stereocenters. The molecule has 5 heteroatoms. The number of nitrogens with one attached hydrogen (secondary N) is 1. The van der Waals surface area contributed by atoms with Crippen molar-refractivity contribution in [2.75, 3.05) is 0 Å². The number of nitrogens with zero attached hydrogens (tertiary/aromatic N) is 1. The van der Waals surface area contributed by atoms with Crippen LogP contribution in [0.1, 0.15) is 122 Å². The fourth-order valence-electron chi connectivity index (χ4n) is 11.8. The summed E-state index contributed by atoms with van der Waals surface area (Å²) in [5, 5.41) is 14.5. The second-order valence-electron chi connectivity index (χ2n) is 16.2. The van der Waals surface area contributed by atoms with Crippen LogP contribution >= 0.6 is 0 Å². The van der Waals surface area contributed by atoms with Gasteiger partial charge in [-0.15, -0.1) is 0 Å². The Labute approximate surface area is 247 Å². The van der Waals surface area contributed by atoms with Gasteiger partial charge in [-0.1, -0.05) is 48.5 Å². The third kappa shape index (κ3) is 3.79. The molecule has 1 aromatic rings. The molecule has 224 valence electrons. The average Bonchev–Trinajstić information content (AvgIpc) is 3.19. The highest BCUT2D eigenvalue weighted by molar-refractivity contribution is 6.03. The molecule has 1 heterocycles. The molecular weight excluding hydrogens is 508 g/mol. The lowest BCUT2D eigenvalue weighted by Gasteiger charge is -2.72. The molecule has 0 saturated heterocycles. The maximum Gasteiger partial charge on any atom is 0.253 e. The fraction of sp³-hybridized carbons (Fsp3) is 0.750. The Balaban J connectivity index is 1.42. The van der Waals surface area contributed by atoms with Crippen molar-refractivity contribution in [1.82, 2.24) is 10.3 Å². The van der Waals surface area contributed by atoms with E-state index >= 15 is 0 Å². The third-order valence-electron chi connectivity index (χ3n) is 14.0. The number of ketones is 1. The first-order valence-electron chi connectivity index (χ1n) is 16.3. The van der Waals surface area contributed by atoms with Gasteiger partial charge in [-0.05, 0) is 127 Å². The number of carbonyl (C=O) groups is 2. The van der Waals surface area contributed by atoms with E-state index in [1.165, 1.54) is 12.0 Å². The van der Waals surface area contributed by atoms with Crippen LogP contribution < -0.4 is 5.32 Å². The van der Waals surface area contributed by atoms with E-state index in [9.17, 15) is 14.7 Å². The number of pyridine rings is 1. The Hall–Kier alpha value is -2.01. The summed E-state index contributed by atoms with van der Waals surface area (Å²) in [6.45, 7) is 18.5. The van der Waals surface area contributed by atoms with Crippen LogP contribution in [0.5, 0.6) is 0 Å². The normalized spacial score (nSPS) is 43.2. The van der Waals surface area contributed by atoms with E-state index in [-0.39, 0.29) is 45.4 Å². The van der Waals surface area contributed by atoms with Crippen LogP contribution in [-0.4, -0.2) is 33.4 Å². The number of hydrogen-bond donors (Lipinski definition) is 2. The van der Waals surface area contributed by atoms with E-state index in [0.29, 0.717) is 29.7 Å². The molecule has 0 spiro atoms. The Morgan fingerprint density at radius 3 is 2.39 bits per heavy atom. The summed E-state index contributed by atoms with van der Waals surface area (Å²) in [6.07, 6.45) is 10.3. The number of fused-ring (bicyclic) bond motifs is 7. The van der Waals surface area contributed by atoms with Crippen LogP contribution in [0, 0.1) is 52.3 Å². The van der Waals surface area contributed by atoms with E-state index in [2.05, 4.69) is 58.8 Å². The summed E-state index contributed by atoms with van der Waals surface area (Å²) in [7, 11) is 0. The summed E-state index contributed by atoms with van der Waals surface area (Å²) in [5.74, 6) is 1.68. The molecule has 2 N–H and O–H groups in total. The number of aryl methyl sites for hydroxylation is 1. The number of aliphatic hydroxyl groups is 1. The van der Waals surface area contributed by atoms with E-state index in [0.717, 1.165) is 56.2 Å². The SMILES string of the molecule is Cc1ncccc1C(=O)N[C@@]12CC[C@]3(C)[C@H](CC[C@@H]4[C@@]5(C)CC[C@H](O)C(C)(C)[C@@H]5CC[C@]43C)C1=C(C(C)C)C(=O)C2. The fourth-order valence-corrected chi connectivity index (χ4v) is 11.8. The summed E-state index contributed by atoms with van der Waals surface area (Å²) in [5.41, 5.74) is 3.35. The van der Waals surface area contributed by atoms with Gasteiger partial charge in [0.05, 0.1) is 17.2 Å². The van der Waals surface area contributed by atoms with Gasteiger partial charge < -0.3 is 10.4 Å². The van der Waals surface area contributed by atoms with Gasteiger partial charge in [-0.3, -0.25) is 14.6 Å². The van der Waals surface area contributed by atoms with E-state index in [4.69, 9.17) is 0 Å². The number of carbonyl (C=O) groups excluding carboxylic acids is 2. The lowest BCUT2D eigenvalue weighted by Crippen LogP contribution is -2.67. The largest absolute Gasteiger partial charge is 0.393 e. The molecule has 6 rings (SSSR count). The van der Waals surface area contributed by atoms with Crippen LogP contribution in [0.15, 0.2) is 29.5 Å². The number of Topliss-reactive ketones (excluding diaryl/α,β-unsaturated/α-hetero) is 1. The van der Waals surface area contributed by atoms with Gasteiger partial charge in [-0.2, -0.15) is 0 Å². The maximum absolute atomic E-state index is 13.8. The maximum atomic E-state index is 13.8. The second-order valence-corrected chi connectivity index (χ2v) is 16.2. The number of amides is 1. The van der Waals surface area contributed by atoms with Crippen LogP contribution in [-0.2, 0) is 4.79 Å². The standard InChI is InChI=1S/C36H52N2O3/c1-21(2)29-25(39)20-36(38-31(41)23-10-9-19-37-22(23)3)18-17-34(7)24(30(29)36)11-12-27-33(6)15-14-28(40)32(4,5)26(33)13-16-35(27,34)8/h9-10,19,21,24,26-28,40H,11-18,20H2,1-8H3,(H,38,41)/t24-,26+,27-,28+,33+,34-,35-,36-/m1/s1. The van der Waals surface area contributed by atoms with Gasteiger partial charge in [-0.25, -0.2) is 0 Å². The molecule has 5 nitrogen and oxygen atoms in total. The molecular formula is C36H52N2O3. The summed E-state index contributed by atoms with van der Waals surface area (Å²) >= 11 is 0. The molecule has 0 aliphatic heterocycles. The lowest BCUT2D eigenvalue weighted by molar-refractivity contribution is -0.226. The Bertz CT molecular complexity index is 1310. The van der Waals surface area contributed by atoms with Crippen molar-refractivity contribution in [3.8, 4) is 0 Å². The number of aromatic nitrogens is 1. The van der Waals surface area contributed by atoms with Crippen LogP contribution in [0.3, 0.4) is 0 Å². The quantitative estimate of drug-likeness (QED) is 0.409. The van der Waals surface area contributed by atoms with Gasteiger partial charge in [0.15, 0.2) is 5.78 Å². The van der Waals surface area contributed by atoms with Crippen molar-refractivity contribution in [2.24, 2.45) is 45.3 Å². The van der Waals surface area contributed by atoms with Gasteiger partial charge in [0, 0.05) is 18.3 Å². The molecule has 0 aromatic carbocycles. The van der Waals surface area contributed by atoms with E-state index < -0.39 is 5.54 Å². The molecule has 0 bridgehead atoms. The molecule has 4 saturated carbocycles. The molecule has 41 heavy (non-hydrogen) atoms. The predicted molar refractivity (Wildman–Crippen MR) is 162 cm³/mol. The van der Waals surface area contributed by atoms with Crippen LogP contribution in [0.2, 0.25) is 0 Å². The van der Waals surface area contributed by atoms with Gasteiger partial charge >= 0.3 is 0 Å². The highest BCUT2D eigenvalue weighted by Crippen LogP contribution is 2.75. The van der Waals surface area contributed by atoms with Crippen LogP contribution in [0.25, 0.3) is 0 Å². The Morgan fingerprint density at radius 2 is 1.71 bits per heavy atom. The van der Waals surface area contributed by atoms with Crippen molar-refractivity contribution in [2.45, 2.75) is 125 Å². The minimum Gasteiger partial charge on any atom is -0.393 e. The van der Waals surface area contributed by atoms with Gasteiger partial charge in [0.1, 0.15) is 0 Å². The number of hydrogen-bond acceptors (Lipinski definition) is 4. The predicted octanol–water partition coefficient (Wildman–Crippen LogP) is 7.21. The average molecular weight is 561 g/mol. The van der Waals surface area contributed by atoms with Crippen molar-refractivity contribution in [3.63, 3.8) is 0 Å². The minimum atomic E-state index is -0.596. The second kappa shape index (κ2) is 9.24. The summed E-state index contributed by atoms with van der Waals surface area (Å²) < 4.78 is 0. The number of rotatable bonds is 3. The summed E-state index contributed by atoms with van der Waals surface area (Å²) in [6, 6.07) is 3.66. The van der Waals surface area contributed by atoms with Gasteiger partial charge in [0.2, 0.25) is 0 Å². The Kier molecular flexibility index (Phi) is 6.56. The zero-order chi connectivity index (χ0) is 29.8. The molecule has 0 unspecified atom stereocenters. The molecule has 0 radical (unpaired) electrons. The number of aliphatic hydroxyl groups excluding tert-OH is 1. The molecule has 1 aromatic heterocycles. The highest BCUT2D eigenvalue weighted by Gasteiger charge is 2.70. The van der Waals surface area contributed by atoms with Crippen molar-refractivity contribution in [3.05, 3.63) is 40.7 Å². The zero-order valence-corrected chi connectivity index (χ0v) is 26.7. The Morgan fingerprint density at radius 1 is 0.976 bits per heavy atom. The van der Waals surface area contributed by atoms with Crippen LogP contribution in [0.4, 0.5) is 0 Å².